The van der Waals surface area contributed by atoms with Gasteiger partial charge in [0, 0.05) is 39.5 Å². The van der Waals surface area contributed by atoms with E-state index in [2.05, 4.69) is 186 Å². The number of ether oxygens (including phenoxy) is 1. The first-order valence-corrected chi connectivity index (χ1v) is 26.5. The Kier molecular flexibility index (Phi) is 10.1. The van der Waals surface area contributed by atoms with Crippen LogP contribution in [-0.4, -0.2) is 18.7 Å². The van der Waals surface area contributed by atoms with Gasteiger partial charge in [0.05, 0.1) is 51.3 Å². The van der Waals surface area contributed by atoms with Crippen LogP contribution in [0.1, 0.15) is 84.9 Å². The Morgan fingerprint density at radius 2 is 1.13 bits per heavy atom. The van der Waals surface area contributed by atoms with E-state index in [4.69, 9.17) is 13.8 Å². The third kappa shape index (κ3) is 8.36. The van der Waals surface area contributed by atoms with Crippen LogP contribution in [0.5, 0.6) is 11.5 Å². The molecule has 0 amide bonds. The molecule has 0 radical (unpaired) electrons. The van der Waals surface area contributed by atoms with E-state index in [9.17, 15) is 2.74 Å². The van der Waals surface area contributed by atoms with E-state index in [0.717, 1.165) is 83.3 Å². The Morgan fingerprint density at radius 1 is 0.506 bits per heavy atom. The van der Waals surface area contributed by atoms with Crippen molar-refractivity contribution in [2.75, 3.05) is 0 Å². The molecule has 0 N–H and O–H groups in total. The highest BCUT2D eigenvalue weighted by atomic mass is 16.5. The number of aromatic nitrogens is 5. The van der Waals surface area contributed by atoms with Gasteiger partial charge in [-0.25, -0.2) is 4.98 Å². The van der Waals surface area contributed by atoms with Gasteiger partial charge in [0.2, 0.25) is 0 Å². The summed E-state index contributed by atoms with van der Waals surface area (Å²) in [7, 11) is 0. The van der Waals surface area contributed by atoms with E-state index in [-0.39, 0.29) is 28.5 Å². The minimum atomic E-state index is -0.442. The molecule has 4 aromatic heterocycles. The molecule has 376 valence electrons. The van der Waals surface area contributed by atoms with Gasteiger partial charge in [0.1, 0.15) is 17.3 Å². The van der Waals surface area contributed by atoms with Gasteiger partial charge in [0.25, 0.3) is 6.33 Å². The Hall–Kier alpha value is -9.00. The fourth-order valence-corrected chi connectivity index (χ4v) is 11.0. The first-order chi connectivity index (χ1) is 39.3. The highest BCUT2D eigenvalue weighted by Gasteiger charge is 2.25. The van der Waals surface area contributed by atoms with Crippen molar-refractivity contribution in [2.24, 2.45) is 0 Å². The molecule has 9 aromatic carbocycles. The van der Waals surface area contributed by atoms with Crippen LogP contribution in [0.3, 0.4) is 0 Å². The van der Waals surface area contributed by atoms with Crippen LogP contribution < -0.4 is 9.30 Å². The molecular weight excluding hydrogens is 939 g/mol. The van der Waals surface area contributed by atoms with Crippen LogP contribution in [0.2, 0.25) is 0 Å². The standard InChI is InChI=1S/C71H61N5O/c1-46(2)48-36-37-72-68(40-48)76-64-35-32-53(75-62-28-14-12-24-58(62)59-25-13-15-29-63(59)75)43-61(64)60-34-33-55(44-67(60)76)77-54-23-18-22-52(42-54)73-45-74(66-31-17-16-30-65(66)73)69-56(47-20-10-9-11-21-47)26-19-27-57(69)49-38-50(70(3,4)5)41-51(39-49)71(6,7)8/h9-44,46H,1-8H3/i9D,10D,11D,20D,21D. The predicted octanol–water partition coefficient (Wildman–Crippen LogP) is 18.1. The van der Waals surface area contributed by atoms with Crippen LogP contribution in [0, 0.1) is 6.33 Å². The normalized spacial score (nSPS) is 13.2. The topological polar surface area (TPSA) is 40.8 Å². The average Bonchev–Trinajstić information content (AvgIpc) is 2.68. The summed E-state index contributed by atoms with van der Waals surface area (Å²) in [4.78, 5) is 4.98. The molecule has 13 aromatic rings. The molecule has 0 aliphatic rings. The molecule has 0 bridgehead atoms. The van der Waals surface area contributed by atoms with Gasteiger partial charge < -0.3 is 9.30 Å². The largest absolute Gasteiger partial charge is 0.458 e. The third-order valence-corrected chi connectivity index (χ3v) is 15.1. The highest BCUT2D eigenvalue weighted by Crippen LogP contribution is 2.41. The number of benzene rings is 9. The van der Waals surface area contributed by atoms with Gasteiger partial charge in [0.15, 0.2) is 0 Å². The van der Waals surface area contributed by atoms with Gasteiger partial charge in [-0.05, 0) is 128 Å². The minimum Gasteiger partial charge on any atom is -0.458 e. The zero-order valence-corrected chi connectivity index (χ0v) is 44.6. The molecule has 6 nitrogen and oxygen atoms in total. The number of hydrogen-bond acceptors (Lipinski definition) is 2. The summed E-state index contributed by atoms with van der Waals surface area (Å²) in [5, 5.41) is 4.58. The molecule has 0 saturated carbocycles. The quantitative estimate of drug-likeness (QED) is 0.107. The molecule has 13 rings (SSSR count). The molecular formula is C71H61N5O. The van der Waals surface area contributed by atoms with Crippen LogP contribution in [0.4, 0.5) is 0 Å². The lowest BCUT2D eigenvalue weighted by Gasteiger charge is -2.27. The lowest BCUT2D eigenvalue weighted by molar-refractivity contribution is -0.571. The van der Waals surface area contributed by atoms with E-state index < -0.39 is 18.1 Å². The molecule has 0 saturated heterocycles. The number of imidazole rings is 1. The second-order valence-electron chi connectivity index (χ2n) is 22.5. The van der Waals surface area contributed by atoms with E-state index in [1.165, 1.54) is 16.3 Å². The number of rotatable bonds is 9. The summed E-state index contributed by atoms with van der Waals surface area (Å²) in [6, 6.07) is 61.2. The first kappa shape index (κ1) is 42.2. The lowest BCUT2D eigenvalue weighted by Crippen LogP contribution is -2.31. The van der Waals surface area contributed by atoms with E-state index in [1.54, 1.807) is 0 Å². The van der Waals surface area contributed by atoms with Crippen molar-refractivity contribution >= 4 is 54.6 Å². The van der Waals surface area contributed by atoms with Gasteiger partial charge in [-0.1, -0.05) is 189 Å². The number of fused-ring (bicyclic) bond motifs is 7. The van der Waals surface area contributed by atoms with Crippen LogP contribution in [-0.2, 0) is 10.8 Å². The summed E-state index contributed by atoms with van der Waals surface area (Å²) in [6.07, 6.45) is 5.62. The van der Waals surface area contributed by atoms with Crippen molar-refractivity contribution in [3.8, 4) is 56.6 Å². The maximum atomic E-state index is 9.28. The Labute approximate surface area is 457 Å². The molecule has 0 fully saturated rings. The SMILES string of the molecule is [2H]c1c([2H])c([2H])c(-c2cccc(-c3cc(C(C)(C)C)cc(C(C)(C)C)c3)c2-[n+]2[c-]n(-c3cccc(Oc4ccc5c6cc(-n7c8ccccc8c8ccccc87)ccc6n(-c6cc(C(C)C)ccn6)c5c4)c3)c3ccccc32)c([2H])c1[2H]. The number of hydrogen-bond donors (Lipinski definition) is 0. The van der Waals surface area contributed by atoms with Crippen molar-refractivity contribution in [1.82, 2.24) is 18.7 Å². The summed E-state index contributed by atoms with van der Waals surface area (Å²) in [6.45, 7) is 17.7. The molecule has 4 heterocycles. The van der Waals surface area contributed by atoms with Crippen molar-refractivity contribution in [3.05, 3.63) is 241 Å². The Balaban J connectivity index is 0.964. The highest BCUT2D eigenvalue weighted by molar-refractivity contribution is 6.12. The second kappa shape index (κ2) is 18.4. The van der Waals surface area contributed by atoms with E-state index in [0.29, 0.717) is 28.7 Å². The maximum absolute atomic E-state index is 9.28. The minimum absolute atomic E-state index is 0.113. The molecule has 0 atom stereocenters. The van der Waals surface area contributed by atoms with Gasteiger partial charge in [-0.3, -0.25) is 13.7 Å². The van der Waals surface area contributed by atoms with E-state index >= 15 is 0 Å². The molecule has 6 heteroatoms. The second-order valence-corrected chi connectivity index (χ2v) is 22.5. The maximum Gasteiger partial charge on any atom is 0.269 e. The molecule has 0 aliphatic carbocycles. The van der Waals surface area contributed by atoms with Gasteiger partial charge >= 0.3 is 0 Å². The number of pyridine rings is 1. The average molecular weight is 1010 g/mol. The van der Waals surface area contributed by atoms with Crippen molar-refractivity contribution in [3.63, 3.8) is 0 Å². The summed E-state index contributed by atoms with van der Waals surface area (Å²) >= 11 is 0. The molecule has 0 unspecified atom stereocenters. The number of para-hydroxylation sites is 5. The fourth-order valence-electron chi connectivity index (χ4n) is 11.0. The summed E-state index contributed by atoms with van der Waals surface area (Å²) in [5.74, 6) is 2.39. The van der Waals surface area contributed by atoms with Crippen molar-refractivity contribution in [2.45, 2.75) is 72.1 Å². The Bertz CT molecular complexity index is 4630. The summed E-state index contributed by atoms with van der Waals surface area (Å²) in [5.41, 5.74) is 13.9. The first-order valence-electron chi connectivity index (χ1n) is 29.0. The van der Waals surface area contributed by atoms with Gasteiger partial charge in [-0.15, -0.1) is 0 Å². The number of nitrogens with zero attached hydrogens (tertiary/aromatic N) is 5. The van der Waals surface area contributed by atoms with Crippen molar-refractivity contribution in [1.29, 1.82) is 0 Å². The molecule has 0 spiro atoms. The zero-order valence-electron chi connectivity index (χ0n) is 49.6. The monoisotopic (exact) mass is 1000 g/mol. The predicted molar refractivity (Wildman–Crippen MR) is 319 cm³/mol. The smallest absolute Gasteiger partial charge is 0.269 e. The van der Waals surface area contributed by atoms with E-state index in [1.807, 2.05) is 82.1 Å². The lowest BCUT2D eigenvalue weighted by atomic mass is 9.78. The molecule has 77 heavy (non-hydrogen) atoms. The Morgan fingerprint density at radius 3 is 1.83 bits per heavy atom. The summed E-state index contributed by atoms with van der Waals surface area (Å²) < 4.78 is 60.1. The zero-order chi connectivity index (χ0) is 57.1. The van der Waals surface area contributed by atoms with Crippen molar-refractivity contribution < 1.29 is 16.2 Å². The fraction of sp³-hybridized carbons (Fsp3) is 0.155. The van der Waals surface area contributed by atoms with Crippen LogP contribution >= 0.6 is 0 Å². The van der Waals surface area contributed by atoms with Crippen LogP contribution in [0.15, 0.2) is 218 Å². The van der Waals surface area contributed by atoms with Crippen LogP contribution in [0.25, 0.3) is 99.8 Å². The molecule has 0 aliphatic heterocycles. The van der Waals surface area contributed by atoms with Gasteiger partial charge in [-0.2, -0.15) is 0 Å². The third-order valence-electron chi connectivity index (χ3n) is 15.1.